The molecule has 0 bridgehead atoms. The molecule has 0 unspecified atom stereocenters. The molecule has 1 saturated heterocycles. The van der Waals surface area contributed by atoms with E-state index in [-0.39, 0.29) is 0 Å². The van der Waals surface area contributed by atoms with Crippen LogP contribution in [0.3, 0.4) is 0 Å². The van der Waals surface area contributed by atoms with Gasteiger partial charge in [0.05, 0.1) is 5.69 Å². The lowest BCUT2D eigenvalue weighted by Crippen LogP contribution is -2.33. The van der Waals surface area contributed by atoms with Gasteiger partial charge in [0.15, 0.2) is 5.11 Å². The first-order valence-electron chi connectivity index (χ1n) is 7.67. The molecule has 1 aliphatic heterocycles. The van der Waals surface area contributed by atoms with Crippen molar-refractivity contribution >= 4 is 34.5 Å². The molecule has 3 rings (SSSR count). The summed E-state index contributed by atoms with van der Waals surface area (Å²) < 4.78 is 0. The second-order valence-corrected chi connectivity index (χ2v) is 5.97. The van der Waals surface area contributed by atoms with Gasteiger partial charge < -0.3 is 5.32 Å². The molecule has 118 valence electrons. The first kappa shape index (κ1) is 15.5. The molecule has 0 aliphatic carbocycles. The number of thiocarbonyl (C=S) groups is 1. The van der Waals surface area contributed by atoms with Crippen LogP contribution in [0, 0.1) is 13.8 Å². The van der Waals surface area contributed by atoms with Crippen molar-refractivity contribution < 1.29 is 0 Å². The number of anilines is 2. The summed E-state index contributed by atoms with van der Waals surface area (Å²) in [7, 11) is 0. The van der Waals surface area contributed by atoms with Crippen molar-refractivity contribution in [3.8, 4) is 0 Å². The van der Waals surface area contributed by atoms with Gasteiger partial charge in [-0.1, -0.05) is 30.3 Å². The fourth-order valence-electron chi connectivity index (χ4n) is 2.52. The topological polar surface area (TPSA) is 39.7 Å². The van der Waals surface area contributed by atoms with E-state index in [9.17, 15) is 0 Å². The summed E-state index contributed by atoms with van der Waals surface area (Å²) in [5, 5.41) is 5.78. The van der Waals surface area contributed by atoms with E-state index in [2.05, 4.69) is 52.8 Å². The number of rotatable bonds is 2. The molecule has 23 heavy (non-hydrogen) atoms. The lowest BCUT2D eigenvalue weighted by Gasteiger charge is -2.17. The standard InChI is InChI=1S/C18H20N4S/c1-13-7-6-10-16(14(13)2)19-18(23)20-17-11-12-22(21-17)15-8-4-3-5-9-15/h3-10H,11-12H2,1-2H3,(H2,19,20,21,23). The van der Waals surface area contributed by atoms with Crippen LogP contribution in [0.1, 0.15) is 17.5 Å². The number of aliphatic imine (C=N–C) groups is 1. The Labute approximate surface area is 142 Å². The Balaban J connectivity index is 1.66. The number of nitrogens with zero attached hydrogens (tertiary/aromatic N) is 2. The minimum atomic E-state index is 0.483. The summed E-state index contributed by atoms with van der Waals surface area (Å²) >= 11 is 5.37. The number of hydrazine groups is 1. The molecule has 2 N–H and O–H groups in total. The van der Waals surface area contributed by atoms with E-state index in [0.717, 1.165) is 30.2 Å². The lowest BCUT2D eigenvalue weighted by atomic mass is 10.1. The van der Waals surface area contributed by atoms with Crippen molar-refractivity contribution in [2.24, 2.45) is 4.99 Å². The number of amidine groups is 1. The molecule has 1 fully saturated rings. The smallest absolute Gasteiger partial charge is 0.198 e. The fraction of sp³-hybridized carbons (Fsp3) is 0.222. The molecule has 2 aromatic rings. The van der Waals surface area contributed by atoms with E-state index >= 15 is 0 Å². The highest BCUT2D eigenvalue weighted by atomic mass is 32.1. The number of benzene rings is 2. The molecular formula is C18H20N4S. The van der Waals surface area contributed by atoms with Gasteiger partial charge in [-0.05, 0) is 55.4 Å². The number of hydrogen-bond acceptors (Lipinski definition) is 2. The predicted octanol–water partition coefficient (Wildman–Crippen LogP) is 3.81. The molecular weight excluding hydrogens is 304 g/mol. The highest BCUT2D eigenvalue weighted by Gasteiger charge is 2.17. The van der Waals surface area contributed by atoms with E-state index in [1.54, 1.807) is 0 Å². The summed E-state index contributed by atoms with van der Waals surface area (Å²) in [6, 6.07) is 16.3. The predicted molar refractivity (Wildman–Crippen MR) is 101 cm³/mol. The van der Waals surface area contributed by atoms with Gasteiger partial charge in [-0.2, -0.15) is 0 Å². The summed E-state index contributed by atoms with van der Waals surface area (Å²) in [5.74, 6) is 0.886. The third kappa shape index (κ3) is 3.68. The average molecular weight is 324 g/mol. The monoisotopic (exact) mass is 324 g/mol. The van der Waals surface area contributed by atoms with Crippen LogP contribution in [0.2, 0.25) is 0 Å². The first-order chi connectivity index (χ1) is 11.1. The molecule has 5 heteroatoms. The molecule has 0 amide bonds. The van der Waals surface area contributed by atoms with Crippen molar-refractivity contribution in [2.75, 3.05) is 16.9 Å². The Morgan fingerprint density at radius 1 is 1.13 bits per heavy atom. The number of aryl methyl sites for hydroxylation is 1. The van der Waals surface area contributed by atoms with Gasteiger partial charge in [0.1, 0.15) is 5.84 Å². The molecule has 1 heterocycles. The molecule has 0 aromatic heterocycles. The summed E-state index contributed by atoms with van der Waals surface area (Å²) in [5.41, 5.74) is 7.88. The van der Waals surface area contributed by atoms with Gasteiger partial charge in [-0.15, -0.1) is 0 Å². The van der Waals surface area contributed by atoms with Crippen molar-refractivity contribution in [1.82, 2.24) is 5.43 Å². The molecule has 1 aliphatic rings. The SMILES string of the molecule is Cc1cccc(NC(=S)/N=C2/CCN(c3ccccc3)N2)c1C. The van der Waals surface area contributed by atoms with E-state index < -0.39 is 0 Å². The van der Waals surface area contributed by atoms with E-state index in [0.29, 0.717) is 5.11 Å². The van der Waals surface area contributed by atoms with E-state index in [1.165, 1.54) is 11.1 Å². The third-order valence-electron chi connectivity index (χ3n) is 3.99. The number of para-hydroxylation sites is 1. The first-order valence-corrected chi connectivity index (χ1v) is 8.08. The van der Waals surface area contributed by atoms with E-state index in [1.807, 2.05) is 30.3 Å². The van der Waals surface area contributed by atoms with Crippen molar-refractivity contribution in [1.29, 1.82) is 0 Å². The molecule has 0 spiro atoms. The Bertz CT molecular complexity index is 740. The van der Waals surface area contributed by atoms with Crippen molar-refractivity contribution in [3.63, 3.8) is 0 Å². The van der Waals surface area contributed by atoms with Crippen LogP contribution in [0.4, 0.5) is 11.4 Å². The zero-order valence-corrected chi connectivity index (χ0v) is 14.2. The zero-order chi connectivity index (χ0) is 16.2. The maximum absolute atomic E-state index is 5.37. The van der Waals surface area contributed by atoms with Crippen LogP contribution in [0.5, 0.6) is 0 Å². The normalized spacial score (nSPS) is 15.6. The van der Waals surface area contributed by atoms with Crippen LogP contribution < -0.4 is 15.8 Å². The van der Waals surface area contributed by atoms with Crippen LogP contribution in [-0.2, 0) is 0 Å². The molecule has 0 saturated carbocycles. The minimum absolute atomic E-state index is 0.483. The quantitative estimate of drug-likeness (QED) is 0.824. The van der Waals surface area contributed by atoms with Gasteiger partial charge in [0, 0.05) is 18.7 Å². The van der Waals surface area contributed by atoms with Crippen molar-refractivity contribution in [3.05, 3.63) is 59.7 Å². The van der Waals surface area contributed by atoms with Crippen LogP contribution in [-0.4, -0.2) is 17.5 Å². The van der Waals surface area contributed by atoms with Gasteiger partial charge in [0.2, 0.25) is 0 Å². The van der Waals surface area contributed by atoms with Gasteiger partial charge in [-0.3, -0.25) is 10.4 Å². The van der Waals surface area contributed by atoms with Crippen LogP contribution in [0.15, 0.2) is 53.5 Å². The molecule has 0 radical (unpaired) electrons. The van der Waals surface area contributed by atoms with Crippen molar-refractivity contribution in [2.45, 2.75) is 20.3 Å². The van der Waals surface area contributed by atoms with Crippen LogP contribution in [0.25, 0.3) is 0 Å². The second kappa shape index (κ2) is 6.79. The Morgan fingerprint density at radius 3 is 2.70 bits per heavy atom. The van der Waals surface area contributed by atoms with Gasteiger partial charge in [0.25, 0.3) is 0 Å². The average Bonchev–Trinajstić information content (AvgIpc) is 3.01. The van der Waals surface area contributed by atoms with E-state index in [4.69, 9.17) is 12.2 Å². The molecule has 2 aromatic carbocycles. The van der Waals surface area contributed by atoms with Gasteiger partial charge >= 0.3 is 0 Å². The van der Waals surface area contributed by atoms with Gasteiger partial charge in [-0.25, -0.2) is 4.99 Å². The minimum Gasteiger partial charge on any atom is -0.331 e. The molecule has 4 nitrogen and oxygen atoms in total. The Hall–Kier alpha value is -2.40. The second-order valence-electron chi connectivity index (χ2n) is 5.59. The van der Waals surface area contributed by atoms with Crippen LogP contribution >= 0.6 is 12.2 Å². The lowest BCUT2D eigenvalue weighted by molar-refractivity contribution is 0.858. The maximum Gasteiger partial charge on any atom is 0.198 e. The Kier molecular flexibility index (Phi) is 4.57. The summed E-state index contributed by atoms with van der Waals surface area (Å²) in [6.45, 7) is 5.05. The molecule has 0 atom stereocenters. The maximum atomic E-state index is 5.37. The number of hydrogen-bond donors (Lipinski definition) is 2. The fourth-order valence-corrected chi connectivity index (χ4v) is 2.74. The zero-order valence-electron chi connectivity index (χ0n) is 13.3. The largest absolute Gasteiger partial charge is 0.331 e. The Morgan fingerprint density at radius 2 is 1.91 bits per heavy atom. The summed E-state index contributed by atoms with van der Waals surface area (Å²) in [6.07, 6.45) is 0.851. The summed E-state index contributed by atoms with van der Waals surface area (Å²) in [4.78, 5) is 4.50. The highest BCUT2D eigenvalue weighted by molar-refractivity contribution is 7.80. The number of nitrogens with one attached hydrogen (secondary N) is 2. The highest BCUT2D eigenvalue weighted by Crippen LogP contribution is 2.19. The third-order valence-corrected chi connectivity index (χ3v) is 4.18.